The van der Waals surface area contributed by atoms with E-state index in [1.165, 1.54) is 6.20 Å². The predicted octanol–water partition coefficient (Wildman–Crippen LogP) is 3.66. The molecule has 0 unspecified atom stereocenters. The van der Waals surface area contributed by atoms with E-state index in [9.17, 15) is 0 Å². The summed E-state index contributed by atoms with van der Waals surface area (Å²) < 4.78 is 7.50. The summed E-state index contributed by atoms with van der Waals surface area (Å²) in [5, 5.41) is 0. The zero-order chi connectivity index (χ0) is 22.3. The number of hydrogen-bond acceptors (Lipinski definition) is 7. The third-order valence-electron chi connectivity index (χ3n) is 1.24. The van der Waals surface area contributed by atoms with Crippen LogP contribution in [0.4, 0.5) is 0 Å². The maximum Gasteiger partial charge on any atom is 0.00743 e. The van der Waals surface area contributed by atoms with Crippen LogP contribution in [0, 0.1) is 30.2 Å². The van der Waals surface area contributed by atoms with Gasteiger partial charge in [-0.15, -0.1) is 0 Å². The molecule has 0 saturated heterocycles. The van der Waals surface area contributed by atoms with Gasteiger partial charge in [0, 0.05) is 39.8 Å². The van der Waals surface area contributed by atoms with Gasteiger partial charge in [0.1, 0.15) is 0 Å². The average molecular weight is 717 g/mol. The molecule has 0 bridgehead atoms. The first-order chi connectivity index (χ1) is 12.1. The first-order valence-electron chi connectivity index (χ1n) is 5.51. The summed E-state index contributed by atoms with van der Waals surface area (Å²) in [6.07, 6.45) is 7.10. The van der Waals surface area contributed by atoms with Gasteiger partial charge in [-0.25, -0.2) is 0 Å². The van der Waals surface area contributed by atoms with Crippen molar-refractivity contribution in [3.05, 3.63) is 66.2 Å². The third-order valence-corrected chi connectivity index (χ3v) is 1.24. The van der Waals surface area contributed by atoms with Crippen LogP contribution in [0.1, 0.15) is 7.43 Å². The normalized spacial score (nSPS) is 7.79. The van der Waals surface area contributed by atoms with Gasteiger partial charge in [-0.1, -0.05) is 52.6 Å². The molecular weight excluding hydrogens is 688 g/mol. The van der Waals surface area contributed by atoms with Gasteiger partial charge in [0.05, 0.1) is 0 Å². The van der Waals surface area contributed by atoms with Crippen molar-refractivity contribution in [2.24, 2.45) is 5.73 Å². The molecule has 1 heterocycles. The molecule has 10 nitrogen and oxygen atoms in total. The van der Waals surface area contributed by atoms with Crippen LogP contribution in [0.25, 0.3) is 11.2 Å². The van der Waals surface area contributed by atoms with Crippen molar-refractivity contribution in [1.29, 1.82) is 0 Å². The smallest absolute Gasteiger partial charge is 0.00743 e. The largest absolute Gasteiger partial charge is 0.577 e. The number of nitrogens with zero attached hydrogens (tertiary/aromatic N) is 5. The van der Waals surface area contributed by atoms with Gasteiger partial charge in [-0.05, 0) is 49.6 Å². The Kier molecular flexibility index (Phi) is 211. The minimum Gasteiger partial charge on any atom is -0.577 e. The molecule has 0 atom stereocenters. The molecule has 1 rings (SSSR count). The molecule has 0 aromatic rings. The Morgan fingerprint density at radius 2 is 1.29 bits per heavy atom. The number of nitrogens with two attached hydrogens (primary N) is 1. The minimum atomic E-state index is 0. The maximum absolute atomic E-state index is 7.75. The predicted molar refractivity (Wildman–Crippen MR) is 126 cm³/mol. The van der Waals surface area contributed by atoms with Gasteiger partial charge in [-0.3, -0.25) is 13.8 Å². The molecule has 0 amide bonds. The summed E-state index contributed by atoms with van der Waals surface area (Å²) >= 11 is 4.30. The fourth-order valence-electron chi connectivity index (χ4n) is 0.722. The maximum atomic E-state index is 7.75. The molecule has 2 N–H and O–H groups in total. The zero-order valence-electron chi connectivity index (χ0n) is 15.5. The van der Waals surface area contributed by atoms with Crippen molar-refractivity contribution in [3.8, 4) is 0 Å². The molecule has 28 heavy (non-hydrogen) atoms. The molecule has 0 aromatic carbocycles. The van der Waals surface area contributed by atoms with Crippen molar-refractivity contribution >= 4 is 52.0 Å². The summed E-state index contributed by atoms with van der Waals surface area (Å²) in [6.45, 7) is 9.75. The number of halogens is 2. The van der Waals surface area contributed by atoms with Crippen LogP contribution in [-0.2, 0) is 43.0 Å². The van der Waals surface area contributed by atoms with Gasteiger partial charge in [0.2, 0.25) is 0 Å². The number of hydrogen-bond donors (Lipinski definition) is 1. The summed E-state index contributed by atoms with van der Waals surface area (Å²) in [5.74, 6) is 0. The number of carbonyl (C=O) groups excluding carboxylic acids is 1. The monoisotopic (exact) mass is 717 g/mol. The minimum absolute atomic E-state index is 0. The first-order valence-corrected chi connectivity index (χ1v) is 9.82. The van der Waals surface area contributed by atoms with E-state index in [1.807, 2.05) is 59.9 Å². The summed E-state index contributed by atoms with van der Waals surface area (Å²) in [5.41, 5.74) is 16.5. The van der Waals surface area contributed by atoms with E-state index in [2.05, 4.69) is 65.7 Å². The van der Waals surface area contributed by atoms with Gasteiger partial charge in [-0.2, -0.15) is 6.67 Å². The van der Waals surface area contributed by atoms with E-state index < -0.39 is 0 Å². The second kappa shape index (κ2) is 93.8. The Morgan fingerprint density at radius 1 is 1.07 bits per heavy atom. The quantitative estimate of drug-likeness (QED) is 0.143. The van der Waals surface area contributed by atoms with E-state index in [0.29, 0.717) is 0 Å². The molecule has 0 aromatic heterocycles. The second-order valence-corrected chi connectivity index (χ2v) is 2.84. The molecule has 14 heteroatoms. The van der Waals surface area contributed by atoms with Crippen LogP contribution >= 0.6 is 45.2 Å². The van der Waals surface area contributed by atoms with Crippen LogP contribution in [0.15, 0.2) is 24.8 Å². The first kappa shape index (κ1) is 63.0. The van der Waals surface area contributed by atoms with Crippen LogP contribution in [-0.4, -0.2) is 52.5 Å². The number of nitroso groups, excluding NO2 is 2. The van der Waals surface area contributed by atoms with Crippen molar-refractivity contribution < 1.29 is 43.0 Å². The summed E-state index contributed by atoms with van der Waals surface area (Å²) in [7, 11) is 9.30. The molecular formula is C14H29Co2I2N6O4-5. The molecule has 2 radical (unpaired) electrons. The second-order valence-electron chi connectivity index (χ2n) is 2.84. The Morgan fingerprint density at radius 3 is 1.32 bits per heavy atom. The third kappa shape index (κ3) is 114. The van der Waals surface area contributed by atoms with Crippen LogP contribution in [0.3, 0.4) is 0 Å². The van der Waals surface area contributed by atoms with E-state index in [4.69, 9.17) is 36.2 Å². The Labute approximate surface area is 218 Å². The van der Waals surface area contributed by atoms with Crippen molar-refractivity contribution in [3.63, 3.8) is 0 Å². The molecule has 1 aliphatic rings. The average Bonchev–Trinajstić information content (AvgIpc) is 3.08. The van der Waals surface area contributed by atoms with Crippen molar-refractivity contribution in [2.45, 2.75) is 7.43 Å². The van der Waals surface area contributed by atoms with Crippen LogP contribution in [0.2, 0.25) is 0 Å². The van der Waals surface area contributed by atoms with E-state index in [0.717, 1.165) is 0 Å². The number of rotatable bonds is 1. The van der Waals surface area contributed by atoms with E-state index in [1.54, 1.807) is 11.1 Å². The van der Waals surface area contributed by atoms with Crippen LogP contribution in [0.5, 0.6) is 0 Å². The fraction of sp³-hybridized carbons (Fsp3) is 0.429. The molecule has 0 spiro atoms. The number of alkyl halides is 2. The van der Waals surface area contributed by atoms with E-state index >= 15 is 0 Å². The van der Waals surface area contributed by atoms with Crippen molar-refractivity contribution in [1.82, 2.24) is 14.7 Å². The van der Waals surface area contributed by atoms with E-state index in [-0.39, 0.29) is 41.0 Å². The molecule has 176 valence electrons. The Bertz CT molecular complexity index is 269. The standard InChI is InChI=1S/C5H9N2.C4H9N2.2CH3I.CHO.CO.CH4.2Co.2NO/c1-6-3-4-7(2)5-6;1-6(2)4-3-5;4*1-2;;;;2*1-2/h3-5H,1-2H3;3-4H,1,5H2,2H3;2*1H3;1H;;1H4;;;;/q2*-1;;;-1;;;;;2*-1. The summed E-state index contributed by atoms with van der Waals surface area (Å²) in [4.78, 5) is 31.8. The van der Waals surface area contributed by atoms with Gasteiger partial charge >= 0.3 is 11.3 Å². The SMILES string of the molecule is C.CI.CI.CN1C=CN(C)[CH-]1.[C-]#[O+].[CH-]=O.[CH2-]N(C)C=CN.[Co].[Co].[N-]=O.[N-]=O. The molecule has 1 aliphatic heterocycles. The molecule has 0 aliphatic carbocycles. The van der Waals surface area contributed by atoms with Gasteiger partial charge in [0.15, 0.2) is 0 Å². The zero-order valence-corrected chi connectivity index (χ0v) is 21.9. The molecule has 0 saturated carbocycles. The van der Waals surface area contributed by atoms with Gasteiger partial charge in [0.25, 0.3) is 0 Å². The van der Waals surface area contributed by atoms with Crippen molar-refractivity contribution in [2.75, 3.05) is 31.0 Å². The summed E-state index contributed by atoms with van der Waals surface area (Å²) in [6, 6.07) is 0. The fourth-order valence-corrected chi connectivity index (χ4v) is 0.722. The topological polar surface area (TPSA) is 151 Å². The Balaban J connectivity index is -0.0000000178. The van der Waals surface area contributed by atoms with Crippen LogP contribution < -0.4 is 5.73 Å². The molecule has 0 fully saturated rings. The Hall–Kier alpha value is -0.237. The van der Waals surface area contributed by atoms with Gasteiger partial charge < -0.3 is 46.2 Å².